The number of nitrogens with zero attached hydrogens (tertiary/aromatic N) is 1. The molecule has 4 fully saturated rings. The summed E-state index contributed by atoms with van der Waals surface area (Å²) in [6.45, 7) is 1.13. The standard InChI is InChI=1S/C18H36N4O11.C12H17NO2/c19-2-6-10(25)12(27)13(28)18(30-6)33-16-5(21)1-4(20)15(14(16)29)32-17-11(26)8(22)9(24)7(3-23)31-17;1-9-7-11(13(15)12(14)8-9)10-5-3-2-4-6-10/h4-18,23-29H,1-3,19-22H2;7-8,10,15H,2-6H2,1H3/t4-,5+,6+,7+,8-,9+,10+,11?,12-,13+,14-,15+,16-,17+,18+;/m0./s1. The smallest absolute Gasteiger partial charge is 0.283 e. The number of aryl methyl sites for hydroxylation is 1. The molecule has 1 aromatic heterocycles. The molecule has 0 aromatic carbocycles. The summed E-state index contributed by atoms with van der Waals surface area (Å²) < 4.78 is 23.0. The van der Waals surface area contributed by atoms with Crippen LogP contribution in [-0.4, -0.2) is 151 Å². The summed E-state index contributed by atoms with van der Waals surface area (Å²) in [5.74, 6) is 0.358. The molecule has 0 spiro atoms. The van der Waals surface area contributed by atoms with Crippen molar-refractivity contribution in [2.45, 2.75) is 143 Å². The predicted octanol–water partition coefficient (Wildman–Crippen LogP) is -4.85. The molecule has 0 amide bonds. The Morgan fingerprint density at radius 2 is 1.35 bits per heavy atom. The molecule has 15 atom stereocenters. The third-order valence-corrected chi connectivity index (χ3v) is 9.69. The molecule has 2 aliphatic heterocycles. The lowest BCUT2D eigenvalue weighted by Gasteiger charge is -2.48. The van der Waals surface area contributed by atoms with Gasteiger partial charge < -0.3 is 82.8 Å². The summed E-state index contributed by atoms with van der Waals surface area (Å²) in [6, 6.07) is 0.531. The van der Waals surface area contributed by atoms with Gasteiger partial charge in [0.15, 0.2) is 12.6 Å². The Bertz CT molecular complexity index is 1170. The van der Waals surface area contributed by atoms with E-state index in [0.29, 0.717) is 5.92 Å². The number of aliphatic hydroxyl groups excluding tert-OH is 7. The molecular formula is C30H53N5O13. The monoisotopic (exact) mass is 691 g/mol. The second kappa shape index (κ2) is 16.9. The number of hydrogen-bond acceptors (Lipinski definition) is 17. The molecule has 3 heterocycles. The minimum atomic E-state index is -1.66. The Balaban J connectivity index is 0.000000287. The average Bonchev–Trinajstić information content (AvgIpc) is 3.07. The highest BCUT2D eigenvalue weighted by atomic mass is 16.7. The van der Waals surface area contributed by atoms with Crippen molar-refractivity contribution in [3.05, 3.63) is 33.7 Å². The fourth-order valence-corrected chi connectivity index (χ4v) is 6.81. The van der Waals surface area contributed by atoms with Crippen LogP contribution in [0.4, 0.5) is 0 Å². The van der Waals surface area contributed by atoms with E-state index in [4.69, 9.17) is 41.9 Å². The van der Waals surface area contributed by atoms with E-state index in [-0.39, 0.29) is 18.5 Å². The van der Waals surface area contributed by atoms with Crippen molar-refractivity contribution in [2.24, 2.45) is 22.9 Å². The SMILES string of the molecule is Cc1cc(C2CCCCC2)n(O)c(=O)c1.NC[C@H]1O[C@H](O[C@@H]2[C@@H](O)[C@H](O[C@H]3O[C@H](CO)[C@@H](O)[C@H](N)C3O)[C@@H](N)C[C@H]2N)[C@H](O)[C@@H](O)[C@@H]1O. The zero-order valence-corrected chi connectivity index (χ0v) is 26.9. The number of aliphatic hydroxyl groups is 7. The Kier molecular flexibility index (Phi) is 13.7. The third-order valence-electron chi connectivity index (χ3n) is 9.69. The van der Waals surface area contributed by atoms with Gasteiger partial charge in [-0.05, 0) is 37.8 Å². The van der Waals surface area contributed by atoms with Crippen molar-refractivity contribution in [3.8, 4) is 0 Å². The van der Waals surface area contributed by atoms with Gasteiger partial charge in [-0.2, -0.15) is 4.73 Å². The van der Waals surface area contributed by atoms with E-state index in [9.17, 15) is 45.7 Å². The first-order chi connectivity index (χ1) is 22.7. The summed E-state index contributed by atoms with van der Waals surface area (Å²) in [7, 11) is 0. The number of nitrogens with two attached hydrogens (primary N) is 4. The minimum absolute atomic E-state index is 0.0849. The molecule has 2 saturated heterocycles. The summed E-state index contributed by atoms with van der Waals surface area (Å²) in [4.78, 5) is 11.4. The number of ether oxygens (including phenoxy) is 4. The predicted molar refractivity (Wildman–Crippen MR) is 166 cm³/mol. The quantitative estimate of drug-likeness (QED) is 0.119. The molecule has 1 aromatic rings. The maximum Gasteiger partial charge on any atom is 0.283 e. The summed E-state index contributed by atoms with van der Waals surface area (Å²) in [5.41, 5.74) is 24.9. The third kappa shape index (κ3) is 8.53. The molecule has 0 radical (unpaired) electrons. The fraction of sp³-hybridized carbons (Fsp3) is 0.833. The van der Waals surface area contributed by atoms with Gasteiger partial charge in [-0.25, -0.2) is 0 Å². The van der Waals surface area contributed by atoms with Gasteiger partial charge in [0.1, 0.15) is 61.0 Å². The van der Waals surface area contributed by atoms with E-state index in [2.05, 4.69) is 0 Å². The summed E-state index contributed by atoms with van der Waals surface area (Å²) in [5, 5.41) is 80.6. The molecule has 5 rings (SSSR count). The fourth-order valence-electron chi connectivity index (χ4n) is 6.81. The zero-order chi connectivity index (χ0) is 35.4. The molecule has 18 heteroatoms. The number of rotatable bonds is 7. The molecule has 0 bridgehead atoms. The van der Waals surface area contributed by atoms with Gasteiger partial charge in [-0.3, -0.25) is 4.79 Å². The van der Waals surface area contributed by atoms with Crippen LogP contribution >= 0.6 is 0 Å². The molecule has 4 aliphatic rings. The maximum absolute atomic E-state index is 11.4. The van der Waals surface area contributed by atoms with Crippen LogP contribution in [0.2, 0.25) is 0 Å². The number of pyridine rings is 1. The van der Waals surface area contributed by atoms with Gasteiger partial charge in [-0.1, -0.05) is 19.3 Å². The van der Waals surface area contributed by atoms with E-state index in [0.717, 1.165) is 28.8 Å². The first-order valence-corrected chi connectivity index (χ1v) is 16.4. The van der Waals surface area contributed by atoms with Crippen LogP contribution in [0.25, 0.3) is 0 Å². The molecule has 48 heavy (non-hydrogen) atoms. The van der Waals surface area contributed by atoms with Gasteiger partial charge in [0.05, 0.1) is 18.3 Å². The Morgan fingerprint density at radius 1 is 0.792 bits per heavy atom. The van der Waals surface area contributed by atoms with E-state index < -0.39 is 98.4 Å². The molecule has 2 saturated carbocycles. The molecule has 276 valence electrons. The Labute approximate surface area is 277 Å². The zero-order valence-electron chi connectivity index (χ0n) is 26.9. The summed E-state index contributed by atoms with van der Waals surface area (Å²) >= 11 is 0. The van der Waals surface area contributed by atoms with Crippen molar-refractivity contribution >= 4 is 0 Å². The minimum Gasteiger partial charge on any atom is -0.425 e. The van der Waals surface area contributed by atoms with E-state index in [1.54, 1.807) is 0 Å². The van der Waals surface area contributed by atoms with Gasteiger partial charge in [0.2, 0.25) is 0 Å². The van der Waals surface area contributed by atoms with Gasteiger partial charge in [-0.15, -0.1) is 0 Å². The van der Waals surface area contributed by atoms with Crippen LogP contribution in [-0.2, 0) is 18.9 Å². The highest BCUT2D eigenvalue weighted by Crippen LogP contribution is 2.33. The van der Waals surface area contributed by atoms with Crippen molar-refractivity contribution in [1.29, 1.82) is 0 Å². The second-order valence-corrected chi connectivity index (χ2v) is 13.2. The normalized spacial score (nSPS) is 42.5. The van der Waals surface area contributed by atoms with Crippen molar-refractivity contribution in [3.63, 3.8) is 0 Å². The van der Waals surface area contributed by atoms with E-state index >= 15 is 0 Å². The Hall–Kier alpha value is -1.85. The molecule has 2 aliphatic carbocycles. The molecule has 1 unspecified atom stereocenters. The van der Waals surface area contributed by atoms with Gasteiger partial charge in [0, 0.05) is 30.6 Å². The van der Waals surface area contributed by atoms with Crippen molar-refractivity contribution < 1.29 is 59.9 Å². The lowest BCUT2D eigenvalue weighted by molar-refractivity contribution is -0.332. The second-order valence-electron chi connectivity index (χ2n) is 13.2. The topological polar surface area (TPSA) is 325 Å². The van der Waals surface area contributed by atoms with Crippen LogP contribution in [0.5, 0.6) is 0 Å². The van der Waals surface area contributed by atoms with E-state index in [1.165, 1.54) is 25.3 Å². The number of aromatic nitrogens is 1. The van der Waals surface area contributed by atoms with Gasteiger partial charge in [0.25, 0.3) is 5.56 Å². The first kappa shape index (κ1) is 38.9. The molecule has 18 nitrogen and oxygen atoms in total. The van der Waals surface area contributed by atoms with Crippen molar-refractivity contribution in [1.82, 2.24) is 4.73 Å². The number of hydrogen-bond donors (Lipinski definition) is 12. The van der Waals surface area contributed by atoms with Crippen LogP contribution in [0.15, 0.2) is 16.9 Å². The van der Waals surface area contributed by atoms with Crippen LogP contribution in [0.1, 0.15) is 55.7 Å². The van der Waals surface area contributed by atoms with E-state index in [1.807, 2.05) is 13.0 Å². The molecule has 16 N–H and O–H groups in total. The maximum atomic E-state index is 11.4. The van der Waals surface area contributed by atoms with Crippen LogP contribution in [0.3, 0.4) is 0 Å². The lowest BCUT2D eigenvalue weighted by atomic mass is 9.84. The average molecular weight is 692 g/mol. The van der Waals surface area contributed by atoms with Crippen LogP contribution < -0.4 is 28.5 Å². The molecular weight excluding hydrogens is 638 g/mol. The first-order valence-electron chi connectivity index (χ1n) is 16.4. The van der Waals surface area contributed by atoms with Gasteiger partial charge >= 0.3 is 0 Å². The largest absolute Gasteiger partial charge is 0.425 e. The van der Waals surface area contributed by atoms with Crippen LogP contribution in [0, 0.1) is 6.92 Å². The summed E-state index contributed by atoms with van der Waals surface area (Å²) in [6.07, 6.45) is -10.6. The highest BCUT2D eigenvalue weighted by Gasteiger charge is 2.51. The Morgan fingerprint density at radius 3 is 1.92 bits per heavy atom. The highest BCUT2D eigenvalue weighted by molar-refractivity contribution is 5.19. The van der Waals surface area contributed by atoms with Crippen molar-refractivity contribution in [2.75, 3.05) is 13.2 Å². The lowest BCUT2D eigenvalue weighted by Crippen LogP contribution is -2.68.